The van der Waals surface area contributed by atoms with Crippen LogP contribution in [0.3, 0.4) is 0 Å². The van der Waals surface area contributed by atoms with E-state index in [4.69, 9.17) is 16.0 Å². The number of hydrogen-bond acceptors (Lipinski definition) is 6. The maximum absolute atomic E-state index is 12.2. The molecule has 0 unspecified atom stereocenters. The standard InChI is InChI=1S/C13H21N3O4S/c14-13(16-18)11-4-3-5-12(10-11)21(19,20)9-7-15-6-1-2-8-17/h3-5,10,15,17-18H,1-2,6-9H2,(H2,14,16). The molecule has 8 heteroatoms. The van der Waals surface area contributed by atoms with Gasteiger partial charge in [-0.15, -0.1) is 0 Å². The van der Waals surface area contributed by atoms with Gasteiger partial charge < -0.3 is 21.4 Å². The summed E-state index contributed by atoms with van der Waals surface area (Å²) in [6.07, 6.45) is 1.50. The van der Waals surface area contributed by atoms with Crippen molar-refractivity contribution in [3.8, 4) is 0 Å². The van der Waals surface area contributed by atoms with Crippen molar-refractivity contribution >= 4 is 15.7 Å². The molecule has 0 heterocycles. The fourth-order valence-electron chi connectivity index (χ4n) is 1.72. The van der Waals surface area contributed by atoms with Crippen LogP contribution in [0, 0.1) is 0 Å². The first-order valence-electron chi connectivity index (χ1n) is 6.63. The molecule has 0 aromatic heterocycles. The lowest BCUT2D eigenvalue weighted by Crippen LogP contribution is -2.24. The predicted molar refractivity (Wildman–Crippen MR) is 80.2 cm³/mol. The van der Waals surface area contributed by atoms with E-state index < -0.39 is 9.84 Å². The molecule has 0 amide bonds. The third-order valence-electron chi connectivity index (χ3n) is 2.91. The van der Waals surface area contributed by atoms with E-state index >= 15 is 0 Å². The summed E-state index contributed by atoms with van der Waals surface area (Å²) >= 11 is 0. The molecule has 0 fully saturated rings. The van der Waals surface area contributed by atoms with Crippen LogP contribution in [0.4, 0.5) is 0 Å². The van der Waals surface area contributed by atoms with Crippen molar-refractivity contribution in [3.05, 3.63) is 29.8 Å². The highest BCUT2D eigenvalue weighted by Gasteiger charge is 2.15. The minimum absolute atomic E-state index is 0.0360. The molecule has 0 radical (unpaired) electrons. The van der Waals surface area contributed by atoms with E-state index in [0.29, 0.717) is 25.1 Å². The topological polar surface area (TPSA) is 125 Å². The van der Waals surface area contributed by atoms with Crippen LogP contribution < -0.4 is 11.1 Å². The Balaban J connectivity index is 2.62. The predicted octanol–water partition coefficient (Wildman–Crippen LogP) is -0.0831. The third-order valence-corrected chi connectivity index (χ3v) is 4.62. The Kier molecular flexibility index (Phi) is 7.13. The Hall–Kier alpha value is -1.64. The zero-order chi connectivity index (χ0) is 15.7. The molecule has 0 spiro atoms. The molecular formula is C13H21N3O4S. The number of nitrogens with one attached hydrogen (secondary N) is 1. The average molecular weight is 315 g/mol. The molecule has 0 bridgehead atoms. The van der Waals surface area contributed by atoms with Crippen LogP contribution >= 0.6 is 0 Å². The Morgan fingerprint density at radius 1 is 1.29 bits per heavy atom. The second-order valence-corrected chi connectivity index (χ2v) is 6.62. The van der Waals surface area contributed by atoms with Gasteiger partial charge in [0.25, 0.3) is 0 Å². The summed E-state index contributed by atoms with van der Waals surface area (Å²) in [4.78, 5) is 0.142. The number of aliphatic hydroxyl groups is 1. The first kappa shape index (κ1) is 17.4. The number of nitrogens with two attached hydrogens (primary N) is 1. The van der Waals surface area contributed by atoms with E-state index in [-0.39, 0.29) is 23.1 Å². The van der Waals surface area contributed by atoms with Crippen molar-refractivity contribution in [2.45, 2.75) is 17.7 Å². The molecule has 0 saturated heterocycles. The second kappa shape index (κ2) is 8.60. The Labute approximate surface area is 124 Å². The molecule has 21 heavy (non-hydrogen) atoms. The van der Waals surface area contributed by atoms with Crippen LogP contribution in [0.1, 0.15) is 18.4 Å². The minimum atomic E-state index is -3.42. The van der Waals surface area contributed by atoms with Crippen LogP contribution in [0.15, 0.2) is 34.3 Å². The first-order chi connectivity index (χ1) is 10.0. The van der Waals surface area contributed by atoms with Crippen molar-refractivity contribution in [1.82, 2.24) is 5.32 Å². The summed E-state index contributed by atoms with van der Waals surface area (Å²) in [5.41, 5.74) is 5.80. The summed E-state index contributed by atoms with van der Waals surface area (Å²) in [7, 11) is -3.42. The van der Waals surface area contributed by atoms with Gasteiger partial charge in [0.1, 0.15) is 0 Å². The molecule has 1 aromatic rings. The van der Waals surface area contributed by atoms with Crippen molar-refractivity contribution in [1.29, 1.82) is 0 Å². The van der Waals surface area contributed by atoms with Crippen molar-refractivity contribution in [3.63, 3.8) is 0 Å². The van der Waals surface area contributed by atoms with Crippen LogP contribution in [-0.4, -0.2) is 50.0 Å². The largest absolute Gasteiger partial charge is 0.409 e. The number of rotatable bonds is 9. The highest BCUT2D eigenvalue weighted by Crippen LogP contribution is 2.13. The van der Waals surface area contributed by atoms with Crippen molar-refractivity contribution in [2.75, 3.05) is 25.4 Å². The van der Waals surface area contributed by atoms with Crippen LogP contribution in [0.5, 0.6) is 0 Å². The summed E-state index contributed by atoms with van der Waals surface area (Å²) in [6, 6.07) is 5.99. The zero-order valence-corrected chi connectivity index (χ0v) is 12.5. The van der Waals surface area contributed by atoms with Gasteiger partial charge in [0.2, 0.25) is 0 Å². The smallest absolute Gasteiger partial charge is 0.179 e. The van der Waals surface area contributed by atoms with E-state index in [0.717, 1.165) is 6.42 Å². The van der Waals surface area contributed by atoms with E-state index in [1.54, 1.807) is 12.1 Å². The molecular weight excluding hydrogens is 294 g/mol. The Bertz CT molecular complexity index is 573. The summed E-state index contributed by atoms with van der Waals surface area (Å²) < 4.78 is 24.3. The molecule has 0 aliphatic heterocycles. The molecule has 118 valence electrons. The summed E-state index contributed by atoms with van der Waals surface area (Å²) in [5.74, 6) is -0.166. The van der Waals surface area contributed by atoms with Gasteiger partial charge in [0.05, 0.1) is 10.6 Å². The number of aliphatic hydroxyl groups excluding tert-OH is 1. The van der Waals surface area contributed by atoms with Gasteiger partial charge >= 0.3 is 0 Å². The molecule has 5 N–H and O–H groups in total. The maximum atomic E-state index is 12.2. The normalized spacial score (nSPS) is 12.5. The number of nitrogens with zero attached hydrogens (tertiary/aromatic N) is 1. The Morgan fingerprint density at radius 3 is 2.71 bits per heavy atom. The Morgan fingerprint density at radius 2 is 2.05 bits per heavy atom. The van der Waals surface area contributed by atoms with E-state index in [2.05, 4.69) is 10.5 Å². The first-order valence-corrected chi connectivity index (χ1v) is 8.29. The van der Waals surface area contributed by atoms with Crippen molar-refractivity contribution in [2.24, 2.45) is 10.9 Å². The van der Waals surface area contributed by atoms with Gasteiger partial charge in [-0.1, -0.05) is 17.3 Å². The minimum Gasteiger partial charge on any atom is -0.409 e. The SMILES string of the molecule is N/C(=N/O)c1cccc(S(=O)(=O)CCNCCCCO)c1. The molecule has 1 rings (SSSR count). The molecule has 1 aromatic carbocycles. The molecule has 0 aliphatic rings. The molecule has 0 atom stereocenters. The van der Waals surface area contributed by atoms with Crippen LogP contribution in [0.25, 0.3) is 0 Å². The van der Waals surface area contributed by atoms with E-state index in [1.807, 2.05) is 0 Å². The van der Waals surface area contributed by atoms with Gasteiger partial charge in [-0.3, -0.25) is 0 Å². The van der Waals surface area contributed by atoms with E-state index in [1.165, 1.54) is 12.1 Å². The molecule has 0 aliphatic carbocycles. The van der Waals surface area contributed by atoms with Gasteiger partial charge in [0, 0.05) is 18.7 Å². The summed E-state index contributed by atoms with van der Waals surface area (Å²) in [5, 5.41) is 23.1. The molecule has 0 saturated carbocycles. The third kappa shape index (κ3) is 5.70. The number of hydrogen-bond donors (Lipinski definition) is 4. The van der Waals surface area contributed by atoms with Gasteiger partial charge in [-0.2, -0.15) is 0 Å². The number of amidine groups is 1. The zero-order valence-electron chi connectivity index (χ0n) is 11.7. The lowest BCUT2D eigenvalue weighted by Gasteiger charge is -2.07. The fourth-order valence-corrected chi connectivity index (χ4v) is 2.96. The lowest BCUT2D eigenvalue weighted by molar-refractivity contribution is 0.284. The van der Waals surface area contributed by atoms with Crippen molar-refractivity contribution < 1.29 is 18.7 Å². The quantitative estimate of drug-likeness (QED) is 0.166. The number of oxime groups is 1. The van der Waals surface area contributed by atoms with Gasteiger partial charge in [0.15, 0.2) is 15.7 Å². The number of benzene rings is 1. The highest BCUT2D eigenvalue weighted by molar-refractivity contribution is 7.91. The van der Waals surface area contributed by atoms with Crippen LogP contribution in [-0.2, 0) is 9.84 Å². The number of sulfone groups is 1. The fraction of sp³-hybridized carbons (Fsp3) is 0.462. The number of unbranched alkanes of at least 4 members (excludes halogenated alkanes) is 1. The monoisotopic (exact) mass is 315 g/mol. The maximum Gasteiger partial charge on any atom is 0.179 e. The summed E-state index contributed by atoms with van der Waals surface area (Å²) in [6.45, 7) is 1.14. The van der Waals surface area contributed by atoms with Gasteiger partial charge in [-0.05, 0) is 31.5 Å². The lowest BCUT2D eigenvalue weighted by atomic mass is 10.2. The van der Waals surface area contributed by atoms with Gasteiger partial charge in [-0.25, -0.2) is 8.42 Å². The molecule has 7 nitrogen and oxygen atoms in total. The highest BCUT2D eigenvalue weighted by atomic mass is 32.2. The van der Waals surface area contributed by atoms with Crippen LogP contribution in [0.2, 0.25) is 0 Å². The second-order valence-electron chi connectivity index (χ2n) is 4.51. The average Bonchev–Trinajstić information content (AvgIpc) is 2.50. The van der Waals surface area contributed by atoms with E-state index in [9.17, 15) is 8.42 Å².